The maximum atomic E-state index is 11.8. The Labute approximate surface area is 149 Å². The van der Waals surface area contributed by atoms with Crippen LogP contribution < -0.4 is 10.5 Å². The Bertz CT molecular complexity index is 819. The number of nitrogens with zero attached hydrogens (tertiary/aromatic N) is 1. The Balaban J connectivity index is 2.46. The second-order valence-corrected chi connectivity index (χ2v) is 7.21. The van der Waals surface area contributed by atoms with Crippen LogP contribution in [0.25, 0.3) is 10.9 Å². The van der Waals surface area contributed by atoms with Gasteiger partial charge in [0.25, 0.3) is 5.91 Å². The van der Waals surface area contributed by atoms with E-state index in [1.807, 2.05) is 45.2 Å². The minimum Gasteiger partial charge on any atom is -0.479 e. The number of halogens is 1. The number of amides is 1. The minimum absolute atomic E-state index is 0.531. The van der Waals surface area contributed by atoms with Gasteiger partial charge in [0.2, 0.25) is 0 Å². The molecule has 0 aliphatic heterocycles. The summed E-state index contributed by atoms with van der Waals surface area (Å²) in [7, 11) is 0. The van der Waals surface area contributed by atoms with Gasteiger partial charge in [-0.2, -0.15) is 0 Å². The van der Waals surface area contributed by atoms with Gasteiger partial charge in [-0.1, -0.05) is 5.92 Å². The number of hydrogen-bond donors (Lipinski definition) is 1. The second kappa shape index (κ2) is 6.75. The van der Waals surface area contributed by atoms with Crippen molar-refractivity contribution in [3.63, 3.8) is 0 Å². The average Bonchev–Trinajstić information content (AvgIpc) is 2.43. The fraction of sp³-hybridized carbons (Fsp3) is 0.333. The van der Waals surface area contributed by atoms with Crippen LogP contribution in [0.2, 0.25) is 0 Å². The summed E-state index contributed by atoms with van der Waals surface area (Å²) in [6, 6.07) is 5.77. The van der Waals surface area contributed by atoms with Crippen molar-refractivity contribution in [2.75, 3.05) is 0 Å². The van der Waals surface area contributed by atoms with Crippen molar-refractivity contribution in [3.8, 4) is 17.6 Å². The van der Waals surface area contributed by atoms with Crippen molar-refractivity contribution in [1.29, 1.82) is 0 Å². The smallest absolute Gasteiger partial charge is 0.260 e. The van der Waals surface area contributed by atoms with E-state index in [4.69, 9.17) is 10.5 Å². The van der Waals surface area contributed by atoms with Crippen LogP contribution in [0.4, 0.5) is 0 Å². The Morgan fingerprint density at radius 2 is 2.09 bits per heavy atom. The molecule has 0 radical (unpaired) electrons. The Kier molecular flexibility index (Phi) is 5.15. The molecule has 0 spiro atoms. The van der Waals surface area contributed by atoms with Gasteiger partial charge in [0.05, 0.1) is 10.9 Å². The Hall–Kier alpha value is -1.81. The molecule has 1 unspecified atom stereocenters. The van der Waals surface area contributed by atoms with E-state index in [0.717, 1.165) is 20.0 Å². The van der Waals surface area contributed by atoms with Gasteiger partial charge in [-0.25, -0.2) is 0 Å². The molecule has 2 aromatic rings. The van der Waals surface area contributed by atoms with E-state index < -0.39 is 17.4 Å². The second-order valence-electron chi connectivity index (χ2n) is 5.96. The van der Waals surface area contributed by atoms with Crippen molar-refractivity contribution in [3.05, 3.63) is 33.5 Å². The fourth-order valence-electron chi connectivity index (χ4n) is 2.52. The molecule has 0 saturated heterocycles. The van der Waals surface area contributed by atoms with Crippen molar-refractivity contribution >= 4 is 39.4 Å². The van der Waals surface area contributed by atoms with E-state index >= 15 is 0 Å². The van der Waals surface area contributed by atoms with Crippen molar-refractivity contribution in [1.82, 2.24) is 4.98 Å². The first-order valence-corrected chi connectivity index (χ1v) is 8.28. The summed E-state index contributed by atoms with van der Waals surface area (Å²) in [6.07, 6.45) is 0.991. The van der Waals surface area contributed by atoms with Crippen LogP contribution in [0.5, 0.6) is 5.75 Å². The third kappa shape index (κ3) is 3.94. The Morgan fingerprint density at radius 1 is 1.39 bits per heavy atom. The molecule has 2 N–H and O–H groups in total. The molecule has 1 atom stereocenters. The molecule has 1 aromatic heterocycles. The van der Waals surface area contributed by atoms with Crippen LogP contribution >= 0.6 is 22.6 Å². The number of fused-ring (bicyclic) bond motifs is 1. The van der Waals surface area contributed by atoms with Gasteiger partial charge in [0.15, 0.2) is 6.10 Å². The highest BCUT2D eigenvalue weighted by atomic mass is 127. The van der Waals surface area contributed by atoms with Crippen LogP contribution in [0.1, 0.15) is 26.3 Å². The number of carbonyl (C=O) groups excluding carboxylic acids is 1. The van der Waals surface area contributed by atoms with Crippen molar-refractivity contribution in [2.45, 2.75) is 33.8 Å². The van der Waals surface area contributed by atoms with Crippen molar-refractivity contribution < 1.29 is 9.53 Å². The fourth-order valence-corrected chi connectivity index (χ4v) is 3.00. The summed E-state index contributed by atoms with van der Waals surface area (Å²) in [6.45, 7) is 7.38. The molecule has 0 aliphatic rings. The number of rotatable bonds is 4. The summed E-state index contributed by atoms with van der Waals surface area (Å²) in [4.78, 5) is 16.3. The zero-order valence-corrected chi connectivity index (χ0v) is 15.8. The maximum absolute atomic E-state index is 11.8. The third-order valence-corrected chi connectivity index (χ3v) is 4.12. The maximum Gasteiger partial charge on any atom is 0.260 e. The number of aromatic nitrogens is 1. The molecule has 120 valence electrons. The molecule has 1 amide bonds. The van der Waals surface area contributed by atoms with E-state index in [0.29, 0.717) is 5.75 Å². The predicted molar refractivity (Wildman–Crippen MR) is 100 cm³/mol. The number of ether oxygens (including phenoxy) is 1. The highest BCUT2D eigenvalue weighted by molar-refractivity contribution is 14.1. The number of benzene rings is 1. The first kappa shape index (κ1) is 17.5. The number of pyridine rings is 1. The van der Waals surface area contributed by atoms with Gasteiger partial charge < -0.3 is 10.5 Å². The molecule has 23 heavy (non-hydrogen) atoms. The zero-order valence-electron chi connectivity index (χ0n) is 13.6. The first-order chi connectivity index (χ1) is 10.7. The van der Waals surface area contributed by atoms with Gasteiger partial charge in [-0.05, 0) is 74.0 Å². The lowest BCUT2D eigenvalue weighted by Crippen LogP contribution is -2.44. The van der Waals surface area contributed by atoms with Gasteiger partial charge in [0.1, 0.15) is 5.75 Å². The van der Waals surface area contributed by atoms with Gasteiger partial charge in [0, 0.05) is 15.2 Å². The standard InChI is InChI=1S/C18H19IN2O2/c1-5-6-18(3,4)16(17(20)22)23-14-7-11(2)15-12(9-14)8-13(19)10-21-15/h7-10,16H,1-4H3,(H2,20,22). The van der Waals surface area contributed by atoms with Crippen LogP contribution in [0, 0.1) is 27.7 Å². The van der Waals surface area contributed by atoms with Crippen molar-refractivity contribution in [2.24, 2.45) is 11.1 Å². The normalized spacial score (nSPS) is 12.4. The highest BCUT2D eigenvalue weighted by Gasteiger charge is 2.34. The SMILES string of the molecule is CC#CC(C)(C)C(Oc1cc(C)c2ncc(I)cc2c1)C(N)=O. The largest absolute Gasteiger partial charge is 0.479 e. The number of nitrogens with two attached hydrogens (primary N) is 1. The molecule has 1 heterocycles. The molecule has 4 nitrogen and oxygen atoms in total. The third-order valence-electron chi connectivity index (χ3n) is 3.53. The van der Waals surface area contributed by atoms with E-state index in [-0.39, 0.29) is 0 Å². The molecule has 2 rings (SSSR count). The molecule has 0 aliphatic carbocycles. The number of carbonyl (C=O) groups is 1. The monoisotopic (exact) mass is 422 g/mol. The molecule has 5 heteroatoms. The topological polar surface area (TPSA) is 65.2 Å². The van der Waals surface area contributed by atoms with E-state index in [1.165, 1.54) is 0 Å². The van der Waals surface area contributed by atoms with Crippen LogP contribution in [-0.2, 0) is 4.79 Å². The van der Waals surface area contributed by atoms with E-state index in [1.54, 1.807) is 6.92 Å². The molecule has 1 aromatic carbocycles. The Morgan fingerprint density at radius 3 is 2.70 bits per heavy atom. The van der Waals surface area contributed by atoms with Gasteiger partial charge >= 0.3 is 0 Å². The average molecular weight is 422 g/mol. The number of primary amides is 1. The quantitative estimate of drug-likeness (QED) is 0.607. The summed E-state index contributed by atoms with van der Waals surface area (Å²) in [5.41, 5.74) is 6.76. The predicted octanol–water partition coefficient (Wildman–Crippen LogP) is 3.43. The van der Waals surface area contributed by atoms with Crippen LogP contribution in [-0.4, -0.2) is 17.0 Å². The minimum atomic E-state index is -0.831. The zero-order chi connectivity index (χ0) is 17.2. The van der Waals surface area contributed by atoms with E-state index in [2.05, 4.69) is 39.4 Å². The molecular formula is C18H19IN2O2. The summed E-state index contributed by atoms with van der Waals surface area (Å²) < 4.78 is 6.95. The summed E-state index contributed by atoms with van der Waals surface area (Å²) in [5.74, 6) is 5.88. The first-order valence-electron chi connectivity index (χ1n) is 7.20. The van der Waals surface area contributed by atoms with E-state index in [9.17, 15) is 4.79 Å². The lowest BCUT2D eigenvalue weighted by atomic mass is 9.86. The molecule has 0 bridgehead atoms. The number of hydrogen-bond acceptors (Lipinski definition) is 3. The molecule has 0 fully saturated rings. The summed E-state index contributed by atoms with van der Waals surface area (Å²) >= 11 is 2.22. The van der Waals surface area contributed by atoms with Gasteiger partial charge in [-0.15, -0.1) is 5.92 Å². The van der Waals surface area contributed by atoms with Crippen LogP contribution in [0.3, 0.4) is 0 Å². The lowest BCUT2D eigenvalue weighted by Gasteiger charge is -2.28. The summed E-state index contributed by atoms with van der Waals surface area (Å²) in [5, 5.41) is 0.967. The lowest BCUT2D eigenvalue weighted by molar-refractivity contribution is -0.128. The molecular weight excluding hydrogens is 403 g/mol. The highest BCUT2D eigenvalue weighted by Crippen LogP contribution is 2.29. The van der Waals surface area contributed by atoms with Gasteiger partial charge in [-0.3, -0.25) is 9.78 Å². The molecule has 0 saturated carbocycles. The van der Waals surface area contributed by atoms with Crippen LogP contribution in [0.15, 0.2) is 24.4 Å². The number of aryl methyl sites for hydroxylation is 1.